The Morgan fingerprint density at radius 2 is 2.00 bits per heavy atom. The predicted molar refractivity (Wildman–Crippen MR) is 48.3 cm³/mol. The highest BCUT2D eigenvalue weighted by molar-refractivity contribution is 5.79. The van der Waals surface area contributed by atoms with Gasteiger partial charge in [-0.05, 0) is 12.1 Å². The molecule has 1 aromatic rings. The molecule has 0 amide bonds. The highest BCUT2D eigenvalue weighted by Crippen LogP contribution is 2.33. The molecule has 16 heavy (non-hydrogen) atoms. The highest BCUT2D eigenvalue weighted by atomic mass is 19.4. The van der Waals surface area contributed by atoms with Crippen LogP contribution in [0.25, 0.3) is 6.08 Å². The molecule has 0 unspecified atom stereocenters. The summed E-state index contributed by atoms with van der Waals surface area (Å²) >= 11 is 0. The van der Waals surface area contributed by atoms with Crippen molar-refractivity contribution in [2.24, 2.45) is 0 Å². The molecule has 7 heteroatoms. The van der Waals surface area contributed by atoms with Gasteiger partial charge < -0.3 is 0 Å². The van der Waals surface area contributed by atoms with E-state index in [1.54, 1.807) is 0 Å². The van der Waals surface area contributed by atoms with E-state index in [9.17, 15) is 28.1 Å². The minimum Gasteiger partial charge on any atom is -0.258 e. The number of hydrogen-bond acceptors (Lipinski definition) is 3. The fraction of sp³-hybridized carbons (Fsp3) is 0.111. The summed E-state index contributed by atoms with van der Waals surface area (Å²) in [5.74, 6) is 1.28. The first-order valence-electron chi connectivity index (χ1n) is 3.93. The molecule has 0 radical (unpaired) electrons. The molecule has 0 aliphatic heterocycles. The second-order valence-corrected chi connectivity index (χ2v) is 2.79. The smallest absolute Gasteiger partial charge is 0.258 e. The first-order valence-corrected chi connectivity index (χ1v) is 3.93. The van der Waals surface area contributed by atoms with E-state index >= 15 is 0 Å². The monoisotopic (exact) mass is 231 g/mol. The van der Waals surface area contributed by atoms with Crippen molar-refractivity contribution in [3.05, 3.63) is 39.4 Å². The molecule has 0 aliphatic rings. The highest BCUT2D eigenvalue weighted by Gasteiger charge is 2.32. The number of benzene rings is 1. The lowest BCUT2D eigenvalue weighted by molar-refractivity contribution is -0.385. The Morgan fingerprint density at radius 3 is 2.44 bits per heavy atom. The van der Waals surface area contributed by atoms with Crippen LogP contribution in [0.4, 0.5) is 18.9 Å². The summed E-state index contributed by atoms with van der Waals surface area (Å²) in [7, 11) is 0. The zero-order chi connectivity index (χ0) is 12.3. The van der Waals surface area contributed by atoms with Crippen molar-refractivity contribution in [1.82, 2.24) is 0 Å². The molecule has 0 aromatic heterocycles. The minimum atomic E-state index is -4.66. The van der Waals surface area contributed by atoms with Crippen LogP contribution in [-0.2, 0) is 11.0 Å². The topological polar surface area (TPSA) is 60.2 Å². The summed E-state index contributed by atoms with van der Waals surface area (Å²) in [5.41, 5.74) is -2.13. The van der Waals surface area contributed by atoms with Gasteiger partial charge in [0.15, 0.2) is 0 Å². The molecule has 0 atom stereocenters. The van der Waals surface area contributed by atoms with Gasteiger partial charge in [0, 0.05) is 12.1 Å². The summed E-state index contributed by atoms with van der Waals surface area (Å²) < 4.78 is 36.7. The van der Waals surface area contributed by atoms with E-state index in [1.165, 1.54) is 5.94 Å². The van der Waals surface area contributed by atoms with Crippen molar-refractivity contribution in [2.75, 3.05) is 0 Å². The van der Waals surface area contributed by atoms with E-state index in [1.807, 2.05) is 0 Å². The summed E-state index contributed by atoms with van der Waals surface area (Å²) in [6.07, 6.45) is -3.95. The summed E-state index contributed by atoms with van der Waals surface area (Å²) in [6.45, 7) is 0. The largest absolute Gasteiger partial charge is 0.416 e. The van der Waals surface area contributed by atoms with Gasteiger partial charge in [0.05, 0.1) is 16.1 Å². The Bertz CT molecular complexity index is 475. The third-order valence-electron chi connectivity index (χ3n) is 1.77. The molecule has 0 bridgehead atoms. The molecule has 0 aliphatic carbocycles. The number of nitro benzene ring substituents is 1. The van der Waals surface area contributed by atoms with Crippen LogP contribution in [0.3, 0.4) is 0 Å². The first kappa shape index (κ1) is 11.9. The number of alkyl halides is 3. The summed E-state index contributed by atoms with van der Waals surface area (Å²) in [5, 5.41) is 10.5. The number of hydrogen-bond donors (Lipinski definition) is 0. The Kier molecular flexibility index (Phi) is 3.10. The Balaban J connectivity index is 3.39. The van der Waals surface area contributed by atoms with Gasteiger partial charge in [-0.2, -0.15) is 13.2 Å². The number of nitrogens with zero attached hydrogens (tertiary/aromatic N) is 1. The van der Waals surface area contributed by atoms with Crippen molar-refractivity contribution in [2.45, 2.75) is 6.18 Å². The summed E-state index contributed by atoms with van der Waals surface area (Å²) in [4.78, 5) is 19.5. The molecule has 0 fully saturated rings. The van der Waals surface area contributed by atoms with Crippen molar-refractivity contribution in [1.29, 1.82) is 0 Å². The molecule has 1 aromatic carbocycles. The number of carbonyl (C=O) groups excluding carboxylic acids is 1. The molecule has 0 spiro atoms. The number of nitro groups is 1. The molecule has 0 saturated heterocycles. The molecule has 1 rings (SSSR count). The van der Waals surface area contributed by atoms with Crippen molar-refractivity contribution in [3.63, 3.8) is 0 Å². The Morgan fingerprint density at radius 1 is 1.38 bits per heavy atom. The van der Waals surface area contributed by atoms with Gasteiger partial charge >= 0.3 is 6.18 Å². The molecular formula is C9H4F3NO3. The van der Waals surface area contributed by atoms with Gasteiger partial charge in [-0.1, -0.05) is 0 Å². The van der Waals surface area contributed by atoms with Crippen LogP contribution in [-0.4, -0.2) is 10.9 Å². The first-order chi connectivity index (χ1) is 7.36. The average Bonchev–Trinajstić information content (AvgIpc) is 2.16. The lowest BCUT2D eigenvalue weighted by Crippen LogP contribution is -2.06. The quantitative estimate of drug-likeness (QED) is 0.446. The van der Waals surface area contributed by atoms with Gasteiger partial charge in [-0.3, -0.25) is 10.1 Å². The van der Waals surface area contributed by atoms with Crippen molar-refractivity contribution < 1.29 is 22.9 Å². The fourth-order valence-electron chi connectivity index (χ4n) is 1.06. The van der Waals surface area contributed by atoms with Gasteiger partial charge in [0.2, 0.25) is 0 Å². The van der Waals surface area contributed by atoms with Crippen LogP contribution in [0.15, 0.2) is 18.2 Å². The average molecular weight is 231 g/mol. The zero-order valence-corrected chi connectivity index (χ0v) is 7.62. The van der Waals surface area contributed by atoms with Crippen LogP contribution < -0.4 is 0 Å². The van der Waals surface area contributed by atoms with Gasteiger partial charge in [0.1, 0.15) is 5.94 Å². The van der Waals surface area contributed by atoms with E-state index in [0.29, 0.717) is 18.2 Å². The van der Waals surface area contributed by atoms with E-state index in [4.69, 9.17) is 0 Å². The van der Waals surface area contributed by atoms with Gasteiger partial charge in [0.25, 0.3) is 5.69 Å². The van der Waals surface area contributed by atoms with Crippen LogP contribution in [0.2, 0.25) is 0 Å². The van der Waals surface area contributed by atoms with Gasteiger partial charge in [-0.25, -0.2) is 4.79 Å². The van der Waals surface area contributed by atoms with Crippen LogP contribution >= 0.6 is 0 Å². The Hall–Kier alpha value is -2.14. The second-order valence-electron chi connectivity index (χ2n) is 2.79. The van der Waals surface area contributed by atoms with Crippen molar-refractivity contribution >= 4 is 17.7 Å². The van der Waals surface area contributed by atoms with E-state index in [-0.39, 0.29) is 5.56 Å². The van der Waals surface area contributed by atoms with E-state index in [0.717, 1.165) is 6.07 Å². The third kappa shape index (κ3) is 2.46. The lowest BCUT2D eigenvalue weighted by Gasteiger charge is -2.06. The maximum absolute atomic E-state index is 12.2. The molecule has 0 N–H and O–H groups in total. The predicted octanol–water partition coefficient (Wildman–Crippen LogP) is 2.46. The maximum Gasteiger partial charge on any atom is 0.416 e. The number of rotatable bonds is 2. The van der Waals surface area contributed by atoms with Crippen molar-refractivity contribution in [3.8, 4) is 0 Å². The Labute approximate surface area is 87.1 Å². The lowest BCUT2D eigenvalue weighted by atomic mass is 10.1. The molecule has 0 saturated carbocycles. The molecule has 84 valence electrons. The van der Waals surface area contributed by atoms with Crippen LogP contribution in [0, 0.1) is 10.1 Å². The maximum atomic E-state index is 12.2. The standard InChI is InChI=1S/C9H4F3NO3/c10-9(11,12)7-2-1-6(3-4-14)8(5-7)13(15)16/h1-3,5H. The zero-order valence-electron chi connectivity index (χ0n) is 7.62. The molecule has 4 nitrogen and oxygen atoms in total. The van der Waals surface area contributed by atoms with E-state index in [2.05, 4.69) is 0 Å². The van der Waals surface area contributed by atoms with Gasteiger partial charge in [-0.15, -0.1) is 0 Å². The normalized spacial score (nSPS) is 10.7. The summed E-state index contributed by atoms with van der Waals surface area (Å²) in [6, 6.07) is 1.89. The number of halogens is 3. The molecule has 0 heterocycles. The fourth-order valence-corrected chi connectivity index (χ4v) is 1.06. The third-order valence-corrected chi connectivity index (χ3v) is 1.77. The second kappa shape index (κ2) is 4.16. The molecular weight excluding hydrogens is 227 g/mol. The SMILES string of the molecule is O=C=Cc1ccc(C(F)(F)F)cc1[N+](=O)[O-]. The van der Waals surface area contributed by atoms with E-state index < -0.39 is 22.4 Å². The van der Waals surface area contributed by atoms with Crippen LogP contribution in [0.5, 0.6) is 0 Å². The van der Waals surface area contributed by atoms with Crippen LogP contribution in [0.1, 0.15) is 11.1 Å². The minimum absolute atomic E-state index is 0.215.